The van der Waals surface area contributed by atoms with Crippen molar-refractivity contribution in [3.8, 4) is 0 Å². The molecular formula is C18H26N6O. The Bertz CT molecular complexity index is 728. The molecule has 0 N–H and O–H groups in total. The van der Waals surface area contributed by atoms with E-state index >= 15 is 0 Å². The first-order valence-electron chi connectivity index (χ1n) is 8.74. The Morgan fingerprint density at radius 2 is 2.28 bits per heavy atom. The first-order chi connectivity index (χ1) is 12.0. The average Bonchev–Trinajstić information content (AvgIpc) is 3.00. The van der Waals surface area contributed by atoms with Gasteiger partial charge in [0.2, 0.25) is 5.91 Å². The summed E-state index contributed by atoms with van der Waals surface area (Å²) in [5.41, 5.74) is 2.14. The highest BCUT2D eigenvalue weighted by molar-refractivity contribution is 5.78. The highest BCUT2D eigenvalue weighted by atomic mass is 16.2. The Kier molecular flexibility index (Phi) is 5.43. The number of nitrogens with zero attached hydrogens (tertiary/aromatic N) is 6. The van der Waals surface area contributed by atoms with Crippen LogP contribution in [0.15, 0.2) is 24.7 Å². The maximum absolute atomic E-state index is 12.6. The average molecular weight is 342 g/mol. The number of hydrogen-bond acceptors (Lipinski definition) is 5. The lowest BCUT2D eigenvalue weighted by Gasteiger charge is -2.33. The van der Waals surface area contributed by atoms with Crippen molar-refractivity contribution in [2.45, 2.75) is 32.2 Å². The Balaban J connectivity index is 1.55. The van der Waals surface area contributed by atoms with Crippen molar-refractivity contribution in [3.63, 3.8) is 0 Å². The number of aromatic nitrogens is 4. The zero-order chi connectivity index (χ0) is 17.8. The van der Waals surface area contributed by atoms with Crippen LogP contribution in [-0.4, -0.2) is 62.1 Å². The van der Waals surface area contributed by atoms with E-state index in [-0.39, 0.29) is 5.91 Å². The van der Waals surface area contributed by atoms with Gasteiger partial charge in [0.15, 0.2) is 0 Å². The molecule has 0 bridgehead atoms. The second kappa shape index (κ2) is 7.74. The van der Waals surface area contributed by atoms with Crippen LogP contribution >= 0.6 is 0 Å². The van der Waals surface area contributed by atoms with Crippen LogP contribution in [0.2, 0.25) is 0 Å². The molecular weight excluding hydrogens is 316 g/mol. The van der Waals surface area contributed by atoms with Crippen molar-refractivity contribution in [3.05, 3.63) is 41.7 Å². The Hall–Kier alpha value is -2.28. The fraction of sp³-hybridized carbons (Fsp3) is 0.556. The number of likely N-dealkylation sites (N-methyl/N-ethyl adjacent to an activating group) is 1. The summed E-state index contributed by atoms with van der Waals surface area (Å²) < 4.78 is 1.76. The number of aryl methyl sites for hydroxylation is 2. The van der Waals surface area contributed by atoms with Crippen LogP contribution in [0.3, 0.4) is 0 Å². The predicted octanol–water partition coefficient (Wildman–Crippen LogP) is 1.36. The van der Waals surface area contributed by atoms with Crippen molar-refractivity contribution in [1.82, 2.24) is 29.5 Å². The lowest BCUT2D eigenvalue weighted by molar-refractivity contribution is -0.131. The minimum Gasteiger partial charge on any atom is -0.340 e. The molecule has 3 rings (SSSR count). The summed E-state index contributed by atoms with van der Waals surface area (Å²) in [5, 5.41) is 4.15. The molecule has 1 saturated heterocycles. The van der Waals surface area contributed by atoms with Crippen LogP contribution < -0.4 is 0 Å². The minimum atomic E-state index is 0.142. The minimum absolute atomic E-state index is 0.142. The summed E-state index contributed by atoms with van der Waals surface area (Å²) in [6.07, 6.45) is 7.78. The van der Waals surface area contributed by atoms with E-state index in [9.17, 15) is 4.79 Å². The van der Waals surface area contributed by atoms with E-state index in [0.717, 1.165) is 43.0 Å². The van der Waals surface area contributed by atoms with E-state index < -0.39 is 0 Å². The number of likely N-dealkylation sites (tertiary alicyclic amines) is 1. The first kappa shape index (κ1) is 17.5. The molecule has 1 atom stereocenters. The van der Waals surface area contributed by atoms with Crippen LogP contribution in [-0.2, 0) is 18.4 Å². The first-order valence-corrected chi connectivity index (χ1v) is 8.74. The molecule has 1 fully saturated rings. The number of piperidine rings is 1. The largest absolute Gasteiger partial charge is 0.340 e. The molecule has 25 heavy (non-hydrogen) atoms. The fourth-order valence-corrected chi connectivity index (χ4v) is 3.37. The highest BCUT2D eigenvalue weighted by Gasteiger charge is 2.25. The SMILES string of the molecule is Cc1nccc(C2CCCN(CC(=O)N(C)Cc3cnn(C)c3)C2)n1. The van der Waals surface area contributed by atoms with E-state index in [1.165, 1.54) is 0 Å². The Labute approximate surface area is 148 Å². The van der Waals surface area contributed by atoms with Crippen LogP contribution in [0.25, 0.3) is 0 Å². The van der Waals surface area contributed by atoms with Gasteiger partial charge in [-0.25, -0.2) is 9.97 Å². The molecule has 7 nitrogen and oxygen atoms in total. The summed E-state index contributed by atoms with van der Waals surface area (Å²) >= 11 is 0. The molecule has 7 heteroatoms. The topological polar surface area (TPSA) is 67.2 Å². The third-order valence-electron chi connectivity index (χ3n) is 4.68. The van der Waals surface area contributed by atoms with E-state index in [0.29, 0.717) is 19.0 Å². The van der Waals surface area contributed by atoms with Crippen LogP contribution in [0.1, 0.15) is 35.8 Å². The fourth-order valence-electron chi connectivity index (χ4n) is 3.37. The van der Waals surface area contributed by atoms with E-state index in [1.54, 1.807) is 15.8 Å². The summed E-state index contributed by atoms with van der Waals surface area (Å²) in [5.74, 6) is 1.33. The third-order valence-corrected chi connectivity index (χ3v) is 4.68. The Morgan fingerprint density at radius 1 is 1.44 bits per heavy atom. The quantitative estimate of drug-likeness (QED) is 0.821. The van der Waals surface area contributed by atoms with Gasteiger partial charge < -0.3 is 4.90 Å². The molecule has 0 spiro atoms. The predicted molar refractivity (Wildman–Crippen MR) is 94.9 cm³/mol. The van der Waals surface area contributed by atoms with Crippen molar-refractivity contribution < 1.29 is 4.79 Å². The van der Waals surface area contributed by atoms with Gasteiger partial charge in [0.1, 0.15) is 5.82 Å². The zero-order valence-electron chi connectivity index (χ0n) is 15.2. The van der Waals surface area contributed by atoms with Crippen molar-refractivity contribution in [2.24, 2.45) is 7.05 Å². The number of amides is 1. The van der Waals surface area contributed by atoms with Crippen LogP contribution in [0.4, 0.5) is 0 Å². The van der Waals surface area contributed by atoms with Gasteiger partial charge in [-0.1, -0.05) is 0 Å². The molecule has 1 aliphatic rings. The van der Waals surface area contributed by atoms with Crippen molar-refractivity contribution in [1.29, 1.82) is 0 Å². The van der Waals surface area contributed by atoms with Gasteiger partial charge in [0, 0.05) is 56.8 Å². The van der Waals surface area contributed by atoms with E-state index in [1.807, 2.05) is 39.5 Å². The summed E-state index contributed by atoms with van der Waals surface area (Å²) in [6.45, 7) is 4.81. The van der Waals surface area contributed by atoms with Crippen LogP contribution in [0.5, 0.6) is 0 Å². The lowest BCUT2D eigenvalue weighted by Crippen LogP contribution is -2.42. The number of hydrogen-bond donors (Lipinski definition) is 0. The second-order valence-electron chi connectivity index (χ2n) is 6.88. The molecule has 1 unspecified atom stereocenters. The van der Waals surface area contributed by atoms with Gasteiger partial charge in [-0.3, -0.25) is 14.4 Å². The number of carbonyl (C=O) groups is 1. The normalized spacial score (nSPS) is 18.3. The maximum Gasteiger partial charge on any atom is 0.236 e. The molecule has 0 saturated carbocycles. The molecule has 2 aromatic heterocycles. The molecule has 0 radical (unpaired) electrons. The number of carbonyl (C=O) groups excluding carboxylic acids is 1. The maximum atomic E-state index is 12.6. The molecule has 2 aromatic rings. The zero-order valence-corrected chi connectivity index (χ0v) is 15.2. The summed E-state index contributed by atoms with van der Waals surface area (Å²) in [4.78, 5) is 25.3. The van der Waals surface area contributed by atoms with Crippen molar-refractivity contribution in [2.75, 3.05) is 26.7 Å². The van der Waals surface area contributed by atoms with Gasteiger partial charge in [-0.15, -0.1) is 0 Å². The summed E-state index contributed by atoms with van der Waals surface area (Å²) in [7, 11) is 3.73. The molecule has 1 aliphatic heterocycles. The number of rotatable bonds is 5. The molecule has 0 aliphatic carbocycles. The molecule has 0 aromatic carbocycles. The highest BCUT2D eigenvalue weighted by Crippen LogP contribution is 2.25. The van der Waals surface area contributed by atoms with Gasteiger partial charge in [0.25, 0.3) is 0 Å². The molecule has 134 valence electrons. The van der Waals surface area contributed by atoms with Crippen LogP contribution in [0, 0.1) is 6.92 Å². The Morgan fingerprint density at radius 3 is 3.00 bits per heavy atom. The molecule has 1 amide bonds. The third kappa shape index (κ3) is 4.63. The van der Waals surface area contributed by atoms with Gasteiger partial charge in [-0.05, 0) is 32.4 Å². The van der Waals surface area contributed by atoms with E-state index in [4.69, 9.17) is 0 Å². The lowest BCUT2D eigenvalue weighted by atomic mass is 9.94. The van der Waals surface area contributed by atoms with Gasteiger partial charge in [-0.2, -0.15) is 5.10 Å². The van der Waals surface area contributed by atoms with Crippen molar-refractivity contribution >= 4 is 5.91 Å². The molecule has 3 heterocycles. The van der Waals surface area contributed by atoms with Gasteiger partial charge in [0.05, 0.1) is 12.7 Å². The van der Waals surface area contributed by atoms with E-state index in [2.05, 4.69) is 20.0 Å². The van der Waals surface area contributed by atoms with Gasteiger partial charge >= 0.3 is 0 Å². The summed E-state index contributed by atoms with van der Waals surface area (Å²) in [6, 6.07) is 2.00. The standard InChI is InChI=1S/C18H26N6O/c1-14-19-7-6-17(21-14)16-5-4-8-24(12-16)13-18(25)22(2)10-15-9-20-23(3)11-15/h6-7,9,11,16H,4-5,8,10,12-13H2,1-3H3. The second-order valence-corrected chi connectivity index (χ2v) is 6.88. The monoisotopic (exact) mass is 342 g/mol. The smallest absolute Gasteiger partial charge is 0.236 e.